The number of hydrogen-bond acceptors (Lipinski definition) is 5. The lowest BCUT2D eigenvalue weighted by Gasteiger charge is -2.05. The molecule has 0 bridgehead atoms. The van der Waals surface area contributed by atoms with Gasteiger partial charge < -0.3 is 15.6 Å². The first-order chi connectivity index (χ1) is 30.0. The normalized spacial score (nSPS) is 10.5. The fourth-order valence-corrected chi connectivity index (χ4v) is 8.82. The number of nitrogens with one attached hydrogen (secondary N) is 1. The Morgan fingerprint density at radius 1 is 0.525 bits per heavy atom. The van der Waals surface area contributed by atoms with Gasteiger partial charge in [-0.3, -0.25) is 4.99 Å². The van der Waals surface area contributed by atoms with Crippen molar-refractivity contribution in [3.63, 3.8) is 0 Å². The van der Waals surface area contributed by atoms with Gasteiger partial charge >= 0.3 is 0 Å². The van der Waals surface area contributed by atoms with Gasteiger partial charge in [-0.25, -0.2) is 0 Å². The summed E-state index contributed by atoms with van der Waals surface area (Å²) < 4.78 is 8.68. The Morgan fingerprint density at radius 2 is 1.13 bits per heavy atom. The van der Waals surface area contributed by atoms with E-state index in [9.17, 15) is 0 Å². The highest BCUT2D eigenvalue weighted by atomic mass is 32.1. The molecule has 9 aromatic carbocycles. The summed E-state index contributed by atoms with van der Waals surface area (Å²) in [5, 5.41) is 15.9. The summed E-state index contributed by atoms with van der Waals surface area (Å²) in [6, 6.07) is 67.6. The van der Waals surface area contributed by atoms with Gasteiger partial charge in [0.1, 0.15) is 11.2 Å². The summed E-state index contributed by atoms with van der Waals surface area (Å²) in [4.78, 5) is 4.00. The Balaban J connectivity index is 0.000000126. The first-order valence-corrected chi connectivity index (χ1v) is 21.1. The minimum Gasteiger partial charge on any atom is -0.456 e. The molecular formula is C56H49N3OS. The number of hydrogen-bond donors (Lipinski definition) is 2. The van der Waals surface area contributed by atoms with Crippen molar-refractivity contribution in [2.24, 2.45) is 10.7 Å². The molecule has 0 aliphatic carbocycles. The molecule has 0 amide bonds. The maximum Gasteiger partial charge on any atom is 0.136 e. The Morgan fingerprint density at radius 3 is 1.80 bits per heavy atom. The van der Waals surface area contributed by atoms with Crippen molar-refractivity contribution in [3.8, 4) is 11.1 Å². The zero-order chi connectivity index (χ0) is 42.6. The van der Waals surface area contributed by atoms with E-state index in [2.05, 4.69) is 190 Å². The number of aliphatic imine (C=N–C) groups is 1. The topological polar surface area (TPSA) is 75.4 Å². The second-order valence-electron chi connectivity index (χ2n) is 14.6. The zero-order valence-corrected chi connectivity index (χ0v) is 35.5. The third kappa shape index (κ3) is 9.66. The minimum atomic E-state index is 0.640. The lowest BCUT2D eigenvalue weighted by molar-refractivity contribution is 0.669. The van der Waals surface area contributed by atoms with Crippen LogP contribution in [0.1, 0.15) is 22.3 Å². The van der Waals surface area contributed by atoms with Crippen LogP contribution < -0.4 is 5.73 Å². The third-order valence-corrected chi connectivity index (χ3v) is 11.6. The van der Waals surface area contributed by atoms with Crippen LogP contribution in [0.15, 0.2) is 204 Å². The smallest absolute Gasteiger partial charge is 0.136 e. The van der Waals surface area contributed by atoms with Crippen molar-refractivity contribution in [2.45, 2.75) is 26.9 Å². The molecule has 2 heterocycles. The number of rotatable bonds is 4. The molecule has 0 aliphatic rings. The van der Waals surface area contributed by atoms with Crippen LogP contribution in [0.2, 0.25) is 0 Å². The first kappa shape index (κ1) is 42.0. The summed E-state index contributed by atoms with van der Waals surface area (Å²) in [5.74, 6) is 0. The van der Waals surface area contributed by atoms with E-state index in [1.54, 1.807) is 0 Å². The summed E-state index contributed by atoms with van der Waals surface area (Å²) >= 11 is 1.84. The lowest BCUT2D eigenvalue weighted by atomic mass is 9.98. The van der Waals surface area contributed by atoms with Crippen LogP contribution in [0.5, 0.6) is 0 Å². The fraction of sp³-hybridized carbons (Fsp3) is 0.0714. The molecule has 0 spiro atoms. The maximum atomic E-state index is 6.00. The van der Waals surface area contributed by atoms with Gasteiger partial charge in [-0.2, -0.15) is 0 Å². The van der Waals surface area contributed by atoms with E-state index in [0.29, 0.717) is 13.1 Å². The van der Waals surface area contributed by atoms with E-state index in [4.69, 9.17) is 15.6 Å². The zero-order valence-electron chi connectivity index (χ0n) is 34.6. The molecule has 61 heavy (non-hydrogen) atoms. The highest BCUT2D eigenvalue weighted by Gasteiger charge is 2.12. The van der Waals surface area contributed by atoms with Gasteiger partial charge in [0.15, 0.2) is 0 Å². The maximum absolute atomic E-state index is 6.00. The molecule has 0 saturated heterocycles. The molecule has 0 unspecified atom stereocenters. The Bertz CT molecular complexity index is 3140. The van der Waals surface area contributed by atoms with Crippen molar-refractivity contribution in [3.05, 3.63) is 216 Å². The monoisotopic (exact) mass is 811 g/mol. The highest BCUT2D eigenvalue weighted by molar-refractivity contribution is 7.25. The number of fused-ring (bicyclic) bond motifs is 9. The molecular weight excluding hydrogens is 763 g/mol. The predicted octanol–water partition coefficient (Wildman–Crippen LogP) is 15.5. The van der Waals surface area contributed by atoms with Crippen LogP contribution in [0.4, 0.5) is 0 Å². The van der Waals surface area contributed by atoms with E-state index in [1.807, 2.05) is 47.7 Å². The molecule has 3 N–H and O–H groups in total. The second-order valence-corrected chi connectivity index (χ2v) is 15.7. The van der Waals surface area contributed by atoms with Gasteiger partial charge in [-0.05, 0) is 101 Å². The van der Waals surface area contributed by atoms with E-state index in [-0.39, 0.29) is 0 Å². The molecule has 0 aliphatic heterocycles. The molecule has 0 radical (unpaired) electrons. The van der Waals surface area contributed by atoms with Crippen LogP contribution >= 0.6 is 11.3 Å². The van der Waals surface area contributed by atoms with Gasteiger partial charge in [-0.1, -0.05) is 175 Å². The van der Waals surface area contributed by atoms with Gasteiger partial charge in [0.25, 0.3) is 0 Å². The Hall–Kier alpha value is -7.18. The van der Waals surface area contributed by atoms with Crippen molar-refractivity contribution < 1.29 is 4.42 Å². The molecule has 0 saturated carbocycles. The molecule has 2 aromatic heterocycles. The van der Waals surface area contributed by atoms with Crippen LogP contribution in [-0.4, -0.2) is 13.4 Å². The molecule has 0 fully saturated rings. The van der Waals surface area contributed by atoms with E-state index >= 15 is 0 Å². The summed E-state index contributed by atoms with van der Waals surface area (Å²) in [6.45, 7) is 11.7. The lowest BCUT2D eigenvalue weighted by Crippen LogP contribution is -1.94. The SMILES string of the molecule is C=N.C=NCc1cccc2sc3ccccc3c12.Cc1cccc(-c2cccc3oc4ccc(C)cc4c23)c1.NCc1ccccc1.c1ccc2c(c1)ccc1ccccc12. The number of benzene rings is 9. The van der Waals surface area contributed by atoms with Gasteiger partial charge in [0, 0.05) is 37.5 Å². The highest BCUT2D eigenvalue weighted by Crippen LogP contribution is 2.38. The number of nitrogens with zero attached hydrogens (tertiary/aromatic N) is 1. The van der Waals surface area contributed by atoms with Crippen LogP contribution in [0.3, 0.4) is 0 Å². The van der Waals surface area contributed by atoms with Crippen molar-refractivity contribution in [1.82, 2.24) is 0 Å². The standard InChI is InChI=1S/C20H16O.C14H11NS.C14H10.C7H9N.CH3N/c1-13-5-3-6-15(11-13)16-7-4-8-19-20(16)17-12-14(2)9-10-18(17)21-19;1-15-9-10-5-4-8-13-14(10)11-6-2-3-7-12(11)16-13;1-3-7-13-11(5-1)9-10-12-6-2-4-8-14(12)13;8-6-7-4-2-1-3-5-7;1-2/h3-12H,1-2H3;2-8H,1,9H2;1-10H;1-5H,6,8H2;2H,1H2. The van der Waals surface area contributed by atoms with Crippen LogP contribution in [-0.2, 0) is 13.1 Å². The third-order valence-electron chi connectivity index (χ3n) is 10.5. The van der Waals surface area contributed by atoms with Gasteiger partial charge in [-0.15, -0.1) is 11.3 Å². The Kier molecular flexibility index (Phi) is 13.9. The molecule has 300 valence electrons. The largest absolute Gasteiger partial charge is 0.456 e. The van der Waals surface area contributed by atoms with E-state index in [0.717, 1.165) is 11.2 Å². The molecule has 4 nitrogen and oxygen atoms in total. The quantitative estimate of drug-likeness (QED) is 0.137. The molecule has 0 atom stereocenters. The molecule has 11 rings (SSSR count). The van der Waals surface area contributed by atoms with Crippen molar-refractivity contribution in [2.75, 3.05) is 0 Å². The minimum absolute atomic E-state index is 0.640. The van der Waals surface area contributed by atoms with Crippen molar-refractivity contribution >= 4 is 88.4 Å². The average Bonchev–Trinajstić information content (AvgIpc) is 3.89. The summed E-state index contributed by atoms with van der Waals surface area (Å²) in [5.41, 5.74) is 14.7. The molecule has 11 aromatic rings. The predicted molar refractivity (Wildman–Crippen MR) is 267 cm³/mol. The molecule has 5 heteroatoms. The summed E-state index contributed by atoms with van der Waals surface area (Å²) in [6.07, 6.45) is 0. The van der Waals surface area contributed by atoms with E-state index in [1.165, 1.54) is 85.9 Å². The number of nitrogens with two attached hydrogens (primary N) is 1. The summed E-state index contributed by atoms with van der Waals surface area (Å²) in [7, 11) is 0. The van der Waals surface area contributed by atoms with E-state index < -0.39 is 0 Å². The van der Waals surface area contributed by atoms with Gasteiger partial charge in [0.2, 0.25) is 0 Å². The number of aryl methyl sites for hydroxylation is 2. The first-order valence-electron chi connectivity index (χ1n) is 20.3. The second kappa shape index (κ2) is 20.2. The number of thiophene rings is 1. The van der Waals surface area contributed by atoms with Gasteiger partial charge in [0.05, 0.1) is 6.54 Å². The average molecular weight is 812 g/mol. The van der Waals surface area contributed by atoms with Crippen LogP contribution in [0.25, 0.3) is 74.8 Å². The van der Waals surface area contributed by atoms with Crippen LogP contribution in [0, 0.1) is 19.3 Å². The Labute approximate surface area is 361 Å². The van der Waals surface area contributed by atoms with Crippen molar-refractivity contribution in [1.29, 1.82) is 5.41 Å². The number of furan rings is 1. The fourth-order valence-electron chi connectivity index (χ4n) is 7.66.